The molecule has 1 rings (SSSR count). The van der Waals surface area contributed by atoms with Crippen molar-refractivity contribution >= 4 is 6.02 Å². The Morgan fingerprint density at radius 3 is 2.39 bits per heavy atom. The van der Waals surface area contributed by atoms with E-state index >= 15 is 0 Å². The van der Waals surface area contributed by atoms with Gasteiger partial charge in [0.2, 0.25) is 0 Å². The van der Waals surface area contributed by atoms with Gasteiger partial charge in [0.1, 0.15) is 0 Å². The SMILES string of the molecule is CC(C)N=C(NC(C)C)OCCc1ccccc1. The van der Waals surface area contributed by atoms with Gasteiger partial charge in [0.25, 0.3) is 6.02 Å². The van der Waals surface area contributed by atoms with Crippen molar-refractivity contribution in [3.63, 3.8) is 0 Å². The van der Waals surface area contributed by atoms with Crippen LogP contribution in [0.4, 0.5) is 0 Å². The van der Waals surface area contributed by atoms with Crippen LogP contribution in [-0.2, 0) is 11.2 Å². The molecule has 100 valence electrons. The predicted octanol–water partition coefficient (Wildman–Crippen LogP) is 3.01. The van der Waals surface area contributed by atoms with Crippen molar-refractivity contribution in [2.24, 2.45) is 4.99 Å². The molecule has 0 atom stereocenters. The largest absolute Gasteiger partial charge is 0.465 e. The third-order valence-electron chi connectivity index (χ3n) is 2.26. The first kappa shape index (κ1) is 14.6. The van der Waals surface area contributed by atoms with Gasteiger partial charge >= 0.3 is 0 Å². The summed E-state index contributed by atoms with van der Waals surface area (Å²) in [5.41, 5.74) is 1.28. The molecular formula is C15H24N2O. The number of hydrogen-bond donors (Lipinski definition) is 1. The van der Waals surface area contributed by atoms with E-state index in [1.807, 2.05) is 32.0 Å². The Balaban J connectivity index is 2.42. The number of hydrogen-bond acceptors (Lipinski definition) is 2. The van der Waals surface area contributed by atoms with Crippen molar-refractivity contribution in [3.8, 4) is 0 Å². The van der Waals surface area contributed by atoms with Crippen LogP contribution >= 0.6 is 0 Å². The number of nitrogens with one attached hydrogen (secondary N) is 1. The molecule has 0 aliphatic carbocycles. The number of benzene rings is 1. The van der Waals surface area contributed by atoms with Crippen LogP contribution in [0.1, 0.15) is 33.3 Å². The topological polar surface area (TPSA) is 33.6 Å². The molecule has 1 aromatic carbocycles. The molecule has 0 fully saturated rings. The zero-order valence-electron chi connectivity index (χ0n) is 11.8. The summed E-state index contributed by atoms with van der Waals surface area (Å²) in [6.07, 6.45) is 0.901. The molecule has 1 N–H and O–H groups in total. The molecule has 0 unspecified atom stereocenters. The van der Waals surface area contributed by atoms with Crippen LogP contribution in [0.15, 0.2) is 35.3 Å². The summed E-state index contributed by atoms with van der Waals surface area (Å²) >= 11 is 0. The molecule has 0 spiro atoms. The number of rotatable bonds is 5. The van der Waals surface area contributed by atoms with Gasteiger partial charge in [-0.25, -0.2) is 4.99 Å². The molecule has 0 bridgehead atoms. The Kier molecular flexibility index (Phi) is 6.26. The molecular weight excluding hydrogens is 224 g/mol. The highest BCUT2D eigenvalue weighted by Gasteiger charge is 2.04. The summed E-state index contributed by atoms with van der Waals surface area (Å²) in [6.45, 7) is 8.90. The average Bonchev–Trinajstić information content (AvgIpc) is 2.28. The van der Waals surface area contributed by atoms with Gasteiger partial charge in [-0.15, -0.1) is 0 Å². The second-order valence-electron chi connectivity index (χ2n) is 4.91. The van der Waals surface area contributed by atoms with Crippen LogP contribution in [-0.4, -0.2) is 24.7 Å². The van der Waals surface area contributed by atoms with Crippen LogP contribution in [0.2, 0.25) is 0 Å². The maximum Gasteiger partial charge on any atom is 0.285 e. The second-order valence-corrected chi connectivity index (χ2v) is 4.91. The summed E-state index contributed by atoms with van der Waals surface area (Å²) in [5, 5.41) is 3.23. The maximum absolute atomic E-state index is 5.71. The lowest BCUT2D eigenvalue weighted by Gasteiger charge is -2.15. The lowest BCUT2D eigenvalue weighted by atomic mass is 10.2. The number of ether oxygens (including phenoxy) is 1. The van der Waals surface area contributed by atoms with Gasteiger partial charge < -0.3 is 10.1 Å². The number of amidine groups is 1. The minimum Gasteiger partial charge on any atom is -0.465 e. The monoisotopic (exact) mass is 248 g/mol. The molecule has 0 heterocycles. The van der Waals surface area contributed by atoms with Gasteiger partial charge in [0.15, 0.2) is 0 Å². The molecule has 3 nitrogen and oxygen atoms in total. The van der Waals surface area contributed by atoms with E-state index in [-0.39, 0.29) is 6.04 Å². The Morgan fingerprint density at radius 2 is 1.83 bits per heavy atom. The second kappa shape index (κ2) is 7.75. The fourth-order valence-corrected chi connectivity index (χ4v) is 1.51. The van der Waals surface area contributed by atoms with Crippen molar-refractivity contribution in [1.29, 1.82) is 0 Å². The van der Waals surface area contributed by atoms with Crippen LogP contribution < -0.4 is 5.32 Å². The molecule has 1 aromatic rings. The predicted molar refractivity (Wildman–Crippen MR) is 76.9 cm³/mol. The first-order chi connectivity index (χ1) is 8.58. The van der Waals surface area contributed by atoms with Crippen molar-refractivity contribution in [2.45, 2.75) is 46.2 Å². The summed E-state index contributed by atoms with van der Waals surface area (Å²) in [7, 11) is 0. The van der Waals surface area contributed by atoms with Crippen LogP contribution in [0, 0.1) is 0 Å². The van der Waals surface area contributed by atoms with Gasteiger partial charge in [-0.2, -0.15) is 0 Å². The Labute approximate surface area is 110 Å². The lowest BCUT2D eigenvalue weighted by Crippen LogP contribution is -2.33. The van der Waals surface area contributed by atoms with Crippen molar-refractivity contribution in [3.05, 3.63) is 35.9 Å². The first-order valence-electron chi connectivity index (χ1n) is 6.59. The summed E-state index contributed by atoms with van der Waals surface area (Å²) < 4.78 is 5.71. The quantitative estimate of drug-likeness (QED) is 0.642. The van der Waals surface area contributed by atoms with Crippen LogP contribution in [0.5, 0.6) is 0 Å². The fourth-order valence-electron chi connectivity index (χ4n) is 1.51. The fraction of sp³-hybridized carbons (Fsp3) is 0.533. The number of aliphatic imine (C=N–C) groups is 1. The summed E-state index contributed by atoms with van der Waals surface area (Å²) in [6, 6.07) is 11.6. The zero-order valence-corrected chi connectivity index (χ0v) is 11.8. The third kappa shape index (κ3) is 6.28. The highest BCUT2D eigenvalue weighted by Crippen LogP contribution is 2.00. The molecule has 0 aromatic heterocycles. The molecule has 0 aliphatic rings. The van der Waals surface area contributed by atoms with E-state index in [1.54, 1.807) is 0 Å². The molecule has 0 saturated carbocycles. The molecule has 0 radical (unpaired) electrons. The van der Waals surface area contributed by atoms with Gasteiger partial charge in [-0.05, 0) is 33.3 Å². The smallest absolute Gasteiger partial charge is 0.285 e. The minimum atomic E-state index is 0.239. The van der Waals surface area contributed by atoms with Crippen molar-refractivity contribution in [1.82, 2.24) is 5.32 Å². The normalized spacial score (nSPS) is 12.0. The van der Waals surface area contributed by atoms with Gasteiger partial charge in [-0.1, -0.05) is 30.3 Å². The van der Waals surface area contributed by atoms with Crippen molar-refractivity contribution < 1.29 is 4.74 Å². The van der Waals surface area contributed by atoms with Crippen LogP contribution in [0.3, 0.4) is 0 Å². The maximum atomic E-state index is 5.71. The molecule has 0 saturated heterocycles. The van der Waals surface area contributed by atoms with Gasteiger partial charge in [0.05, 0.1) is 6.61 Å². The van der Waals surface area contributed by atoms with E-state index in [2.05, 4.69) is 36.3 Å². The van der Waals surface area contributed by atoms with Gasteiger partial charge in [0, 0.05) is 18.5 Å². The Morgan fingerprint density at radius 1 is 1.17 bits per heavy atom. The highest BCUT2D eigenvalue weighted by molar-refractivity contribution is 5.74. The van der Waals surface area contributed by atoms with E-state index < -0.39 is 0 Å². The Bertz CT molecular complexity index is 358. The van der Waals surface area contributed by atoms with Crippen LogP contribution in [0.25, 0.3) is 0 Å². The highest BCUT2D eigenvalue weighted by atomic mass is 16.5. The number of nitrogens with zero attached hydrogens (tertiary/aromatic N) is 1. The summed E-state index contributed by atoms with van der Waals surface area (Å²) in [5.74, 6) is 0. The Hall–Kier alpha value is -1.51. The first-order valence-corrected chi connectivity index (χ1v) is 6.59. The lowest BCUT2D eigenvalue weighted by molar-refractivity contribution is 0.287. The van der Waals surface area contributed by atoms with E-state index in [9.17, 15) is 0 Å². The van der Waals surface area contributed by atoms with E-state index in [1.165, 1.54) is 5.56 Å². The molecule has 18 heavy (non-hydrogen) atoms. The molecule has 0 aliphatic heterocycles. The zero-order chi connectivity index (χ0) is 13.4. The minimum absolute atomic E-state index is 0.239. The summed E-state index contributed by atoms with van der Waals surface area (Å²) in [4.78, 5) is 4.43. The third-order valence-corrected chi connectivity index (χ3v) is 2.26. The van der Waals surface area contributed by atoms with Crippen molar-refractivity contribution in [2.75, 3.05) is 6.61 Å². The molecule has 3 heteroatoms. The average molecular weight is 248 g/mol. The van der Waals surface area contributed by atoms with E-state index in [4.69, 9.17) is 4.74 Å². The van der Waals surface area contributed by atoms with Gasteiger partial charge in [-0.3, -0.25) is 0 Å². The van der Waals surface area contributed by atoms with E-state index in [0.29, 0.717) is 18.7 Å². The standard InChI is InChI=1S/C15H24N2O/c1-12(2)16-15(17-13(3)4)18-11-10-14-8-6-5-7-9-14/h5-9,12-13H,10-11H2,1-4H3,(H,16,17). The molecule has 0 amide bonds. The van der Waals surface area contributed by atoms with E-state index in [0.717, 1.165) is 6.42 Å².